The molecule has 0 heterocycles. The predicted octanol–water partition coefficient (Wildman–Crippen LogP) is 3.37. The highest BCUT2D eigenvalue weighted by molar-refractivity contribution is 4.55. The summed E-state index contributed by atoms with van der Waals surface area (Å²) < 4.78 is 0. The zero-order chi connectivity index (χ0) is 10.6. The molecule has 0 saturated carbocycles. The van der Waals surface area contributed by atoms with Crippen molar-refractivity contribution < 1.29 is 0 Å². The topological polar surface area (TPSA) is 38.0 Å². The van der Waals surface area contributed by atoms with E-state index in [-0.39, 0.29) is 0 Å². The third-order valence-electron chi connectivity index (χ3n) is 2.78. The van der Waals surface area contributed by atoms with Gasteiger partial charge in [-0.05, 0) is 13.3 Å². The quantitative estimate of drug-likeness (QED) is 0.322. The molecular weight excluding hydrogens is 172 g/mol. The number of unbranched alkanes of at least 4 members (excludes halogenated alkanes) is 7. The van der Waals surface area contributed by atoms with Crippen molar-refractivity contribution in [3.63, 3.8) is 0 Å². The minimum Gasteiger partial charge on any atom is -0.271 e. The number of hydrogen-bond donors (Lipinski definition) is 2. The van der Waals surface area contributed by atoms with Crippen LogP contribution in [-0.4, -0.2) is 6.04 Å². The zero-order valence-corrected chi connectivity index (χ0v) is 10.0. The molecule has 0 aromatic rings. The Morgan fingerprint density at radius 2 is 1.43 bits per heavy atom. The normalized spacial score (nSPS) is 13.1. The molecule has 0 radical (unpaired) electrons. The van der Waals surface area contributed by atoms with Crippen LogP contribution in [0.5, 0.6) is 0 Å². The summed E-state index contributed by atoms with van der Waals surface area (Å²) in [7, 11) is 0. The van der Waals surface area contributed by atoms with E-state index >= 15 is 0 Å². The molecule has 0 bridgehead atoms. The molecule has 2 heteroatoms. The fourth-order valence-corrected chi connectivity index (χ4v) is 1.67. The fourth-order valence-electron chi connectivity index (χ4n) is 1.67. The van der Waals surface area contributed by atoms with Crippen LogP contribution in [0.4, 0.5) is 0 Å². The van der Waals surface area contributed by atoms with Gasteiger partial charge in [-0.15, -0.1) is 0 Å². The van der Waals surface area contributed by atoms with Gasteiger partial charge in [0.1, 0.15) is 0 Å². The standard InChI is InChI=1S/C12H28N2/c1-3-4-5-6-7-8-9-10-11-12(2)14-13/h12,14H,3-11,13H2,1-2H3. The maximum Gasteiger partial charge on any atom is 0.0182 e. The molecule has 2 nitrogen and oxygen atoms in total. The van der Waals surface area contributed by atoms with E-state index in [2.05, 4.69) is 19.3 Å². The summed E-state index contributed by atoms with van der Waals surface area (Å²) in [5.41, 5.74) is 2.78. The molecule has 0 saturated heterocycles. The number of rotatable bonds is 10. The van der Waals surface area contributed by atoms with Crippen LogP contribution in [0.25, 0.3) is 0 Å². The van der Waals surface area contributed by atoms with Crippen molar-refractivity contribution in [2.75, 3.05) is 0 Å². The molecular formula is C12H28N2. The second-order valence-electron chi connectivity index (χ2n) is 4.33. The molecule has 0 rings (SSSR count). The van der Waals surface area contributed by atoms with Gasteiger partial charge in [-0.25, -0.2) is 0 Å². The first-order chi connectivity index (χ1) is 6.81. The van der Waals surface area contributed by atoms with E-state index in [0.29, 0.717) is 6.04 Å². The first-order valence-corrected chi connectivity index (χ1v) is 6.27. The van der Waals surface area contributed by atoms with Gasteiger partial charge < -0.3 is 0 Å². The van der Waals surface area contributed by atoms with Crippen LogP contribution >= 0.6 is 0 Å². The van der Waals surface area contributed by atoms with Crippen molar-refractivity contribution in [2.24, 2.45) is 5.84 Å². The number of nitrogens with one attached hydrogen (secondary N) is 1. The highest BCUT2D eigenvalue weighted by Crippen LogP contribution is 2.10. The SMILES string of the molecule is CCCCCCCCCCC(C)NN. The van der Waals surface area contributed by atoms with E-state index in [1.807, 2.05) is 0 Å². The molecule has 0 aliphatic heterocycles. The van der Waals surface area contributed by atoms with Crippen LogP contribution < -0.4 is 11.3 Å². The summed E-state index contributed by atoms with van der Waals surface area (Å²) in [6.07, 6.45) is 12.3. The Labute approximate surface area is 89.6 Å². The van der Waals surface area contributed by atoms with E-state index in [9.17, 15) is 0 Å². The number of nitrogens with two attached hydrogens (primary N) is 1. The Kier molecular flexibility index (Phi) is 10.9. The van der Waals surface area contributed by atoms with Crippen LogP contribution in [0.2, 0.25) is 0 Å². The monoisotopic (exact) mass is 200 g/mol. The summed E-state index contributed by atoms with van der Waals surface area (Å²) in [6, 6.07) is 0.482. The highest BCUT2D eigenvalue weighted by Gasteiger charge is 1.97. The molecule has 14 heavy (non-hydrogen) atoms. The lowest BCUT2D eigenvalue weighted by atomic mass is 10.1. The van der Waals surface area contributed by atoms with Gasteiger partial charge in [-0.2, -0.15) is 0 Å². The average Bonchev–Trinajstić information content (AvgIpc) is 2.21. The molecule has 0 aliphatic rings. The lowest BCUT2D eigenvalue weighted by molar-refractivity contribution is 0.486. The maximum atomic E-state index is 5.32. The summed E-state index contributed by atoms with van der Waals surface area (Å²) in [5, 5.41) is 0. The first kappa shape index (κ1) is 13.9. The van der Waals surface area contributed by atoms with Gasteiger partial charge in [0.05, 0.1) is 0 Å². The van der Waals surface area contributed by atoms with Gasteiger partial charge in [0.2, 0.25) is 0 Å². The molecule has 0 aromatic carbocycles. The lowest BCUT2D eigenvalue weighted by Gasteiger charge is -2.08. The second kappa shape index (κ2) is 11.0. The summed E-state index contributed by atoms with van der Waals surface area (Å²) in [5.74, 6) is 5.32. The Hall–Kier alpha value is -0.0800. The minimum atomic E-state index is 0.482. The molecule has 1 unspecified atom stereocenters. The van der Waals surface area contributed by atoms with Crippen molar-refractivity contribution in [2.45, 2.75) is 77.7 Å². The fraction of sp³-hybridized carbons (Fsp3) is 1.00. The molecule has 86 valence electrons. The number of hydrogen-bond acceptors (Lipinski definition) is 2. The van der Waals surface area contributed by atoms with Crippen molar-refractivity contribution in [1.82, 2.24) is 5.43 Å². The van der Waals surface area contributed by atoms with Crippen LogP contribution in [0.3, 0.4) is 0 Å². The zero-order valence-electron chi connectivity index (χ0n) is 10.0. The predicted molar refractivity (Wildman–Crippen MR) is 64.0 cm³/mol. The van der Waals surface area contributed by atoms with E-state index in [0.717, 1.165) is 0 Å². The van der Waals surface area contributed by atoms with Crippen molar-refractivity contribution in [3.05, 3.63) is 0 Å². The van der Waals surface area contributed by atoms with Gasteiger partial charge in [-0.1, -0.05) is 58.3 Å². The number of hydrazine groups is 1. The van der Waals surface area contributed by atoms with E-state index in [1.165, 1.54) is 57.8 Å². The molecule has 0 fully saturated rings. The highest BCUT2D eigenvalue weighted by atomic mass is 15.2. The maximum absolute atomic E-state index is 5.32. The van der Waals surface area contributed by atoms with Crippen LogP contribution in [-0.2, 0) is 0 Å². The van der Waals surface area contributed by atoms with E-state index in [1.54, 1.807) is 0 Å². The smallest absolute Gasteiger partial charge is 0.0182 e. The minimum absolute atomic E-state index is 0.482. The Bertz CT molecular complexity index is 104. The van der Waals surface area contributed by atoms with Crippen molar-refractivity contribution in [1.29, 1.82) is 0 Å². The van der Waals surface area contributed by atoms with Gasteiger partial charge in [0, 0.05) is 6.04 Å². The Morgan fingerprint density at radius 3 is 1.93 bits per heavy atom. The second-order valence-corrected chi connectivity index (χ2v) is 4.33. The summed E-state index contributed by atoms with van der Waals surface area (Å²) >= 11 is 0. The molecule has 0 amide bonds. The van der Waals surface area contributed by atoms with Crippen molar-refractivity contribution >= 4 is 0 Å². The summed E-state index contributed by atoms with van der Waals surface area (Å²) in [6.45, 7) is 4.41. The van der Waals surface area contributed by atoms with Gasteiger partial charge in [-0.3, -0.25) is 11.3 Å². The Balaban J connectivity index is 2.92. The van der Waals surface area contributed by atoms with Crippen LogP contribution in [0, 0.1) is 0 Å². The molecule has 1 atom stereocenters. The first-order valence-electron chi connectivity index (χ1n) is 6.27. The lowest BCUT2D eigenvalue weighted by Crippen LogP contribution is -2.32. The largest absolute Gasteiger partial charge is 0.271 e. The van der Waals surface area contributed by atoms with Gasteiger partial charge in [0.15, 0.2) is 0 Å². The van der Waals surface area contributed by atoms with Gasteiger partial charge >= 0.3 is 0 Å². The van der Waals surface area contributed by atoms with E-state index in [4.69, 9.17) is 5.84 Å². The van der Waals surface area contributed by atoms with Crippen LogP contribution in [0.1, 0.15) is 71.6 Å². The molecule has 3 N–H and O–H groups in total. The van der Waals surface area contributed by atoms with Gasteiger partial charge in [0.25, 0.3) is 0 Å². The average molecular weight is 200 g/mol. The molecule has 0 aliphatic carbocycles. The Morgan fingerprint density at radius 1 is 0.929 bits per heavy atom. The molecule has 0 aromatic heterocycles. The van der Waals surface area contributed by atoms with Crippen molar-refractivity contribution in [3.8, 4) is 0 Å². The summed E-state index contributed by atoms with van der Waals surface area (Å²) in [4.78, 5) is 0. The third kappa shape index (κ3) is 10.0. The molecule has 0 spiro atoms. The van der Waals surface area contributed by atoms with Crippen LogP contribution in [0.15, 0.2) is 0 Å². The third-order valence-corrected chi connectivity index (χ3v) is 2.78. The van der Waals surface area contributed by atoms with E-state index < -0.39 is 0 Å².